The Labute approximate surface area is 266 Å². The zero-order valence-corrected chi connectivity index (χ0v) is 26.4. The van der Waals surface area contributed by atoms with E-state index in [2.05, 4.69) is 25.2 Å². The Morgan fingerprint density at radius 3 is 2.27 bits per heavy atom. The first-order valence-electron chi connectivity index (χ1n) is 16.4. The van der Waals surface area contributed by atoms with Gasteiger partial charge in [0.25, 0.3) is 5.91 Å². The topological polar surface area (TPSA) is 83.4 Å². The maximum atomic E-state index is 14.4. The molecule has 0 bridgehead atoms. The van der Waals surface area contributed by atoms with Crippen LogP contribution < -0.4 is 5.32 Å². The minimum atomic E-state index is -0.237. The first kappa shape index (κ1) is 30.8. The van der Waals surface area contributed by atoms with Crippen LogP contribution in [-0.4, -0.2) is 74.6 Å². The molecule has 8 nitrogen and oxygen atoms in total. The lowest BCUT2D eigenvalue weighted by atomic mass is 9.63. The summed E-state index contributed by atoms with van der Waals surface area (Å²) in [5.74, 6) is 0.871. The molecule has 44 heavy (non-hydrogen) atoms. The summed E-state index contributed by atoms with van der Waals surface area (Å²) in [4.78, 5) is 35.8. The number of carbonyl (C=O) groups is 2. The number of aromatic nitrogens is 3. The van der Waals surface area contributed by atoms with Gasteiger partial charge in [0.1, 0.15) is 12.7 Å². The van der Waals surface area contributed by atoms with Crippen molar-refractivity contribution in [3.63, 3.8) is 0 Å². The zero-order chi connectivity index (χ0) is 30.4. The molecular formula is C35H45ClN6O2. The fraction of sp³-hybridized carbons (Fsp3) is 0.543. The summed E-state index contributed by atoms with van der Waals surface area (Å²) in [6.45, 7) is 4.00. The molecule has 1 atom stereocenters. The van der Waals surface area contributed by atoms with Crippen LogP contribution in [-0.2, 0) is 17.8 Å². The van der Waals surface area contributed by atoms with Gasteiger partial charge in [-0.05, 0) is 86.1 Å². The molecule has 1 N–H and O–H groups in total. The van der Waals surface area contributed by atoms with Crippen molar-refractivity contribution >= 4 is 23.4 Å². The average molecular weight is 617 g/mol. The number of likely N-dealkylation sites (tertiary alicyclic amines) is 2. The van der Waals surface area contributed by atoms with E-state index in [1.54, 1.807) is 6.33 Å². The van der Waals surface area contributed by atoms with Crippen molar-refractivity contribution in [1.82, 2.24) is 29.9 Å². The van der Waals surface area contributed by atoms with Gasteiger partial charge in [0.2, 0.25) is 5.91 Å². The first-order valence-corrected chi connectivity index (χ1v) is 16.8. The predicted molar refractivity (Wildman–Crippen MR) is 172 cm³/mol. The standard InChI is InChI=1S/C35H45ClN6O2/c36-30-13-11-27(12-14-30)23-32(40-19-15-31(16-20-40)39-33(43)28-7-3-1-4-8-28)34(44)41-21-17-35(18-22-41,24-42-26-37-25-38-42)29-9-5-2-6-10-29/h1,3-4,7-8,11-14,25-26,29,31-32H,2,5-6,9-10,15-24H2,(H,39,43)/t32-/m1/s1. The molecule has 6 rings (SSSR count). The van der Waals surface area contributed by atoms with Gasteiger partial charge in [0.05, 0.1) is 6.04 Å². The van der Waals surface area contributed by atoms with Gasteiger partial charge in [-0.25, -0.2) is 4.98 Å². The second-order valence-electron chi connectivity index (χ2n) is 13.1. The SMILES string of the molecule is O=C(NC1CCN([C@H](Cc2ccc(Cl)cc2)C(=O)N2CCC(Cn3cncn3)(C3CCCCC3)CC2)CC1)c1ccccc1. The lowest BCUT2D eigenvalue weighted by molar-refractivity contribution is -0.141. The molecule has 3 aromatic rings. The van der Waals surface area contributed by atoms with Crippen molar-refractivity contribution in [2.45, 2.75) is 82.8 Å². The molecule has 1 saturated carbocycles. The number of halogens is 1. The Hall–Kier alpha value is -3.23. The summed E-state index contributed by atoms with van der Waals surface area (Å²) in [6.07, 6.45) is 14.3. The van der Waals surface area contributed by atoms with Crippen LogP contribution in [0.2, 0.25) is 5.02 Å². The van der Waals surface area contributed by atoms with E-state index >= 15 is 0 Å². The van der Waals surface area contributed by atoms with Gasteiger partial charge in [-0.3, -0.25) is 19.2 Å². The highest BCUT2D eigenvalue weighted by Gasteiger charge is 2.44. The highest BCUT2D eigenvalue weighted by atomic mass is 35.5. The summed E-state index contributed by atoms with van der Waals surface area (Å²) in [5, 5.41) is 8.39. The van der Waals surface area contributed by atoms with Gasteiger partial charge in [-0.15, -0.1) is 0 Å². The molecule has 3 aliphatic rings. The van der Waals surface area contributed by atoms with Crippen LogP contribution >= 0.6 is 11.6 Å². The molecule has 2 aliphatic heterocycles. The molecule has 2 amide bonds. The second kappa shape index (κ2) is 14.2. The molecule has 1 aromatic heterocycles. The van der Waals surface area contributed by atoms with E-state index in [9.17, 15) is 9.59 Å². The molecule has 0 spiro atoms. The normalized spacial score (nSPS) is 20.7. The molecule has 3 heterocycles. The van der Waals surface area contributed by atoms with Gasteiger partial charge in [-0.2, -0.15) is 5.10 Å². The fourth-order valence-electron chi connectivity index (χ4n) is 7.86. The van der Waals surface area contributed by atoms with E-state index in [-0.39, 0.29) is 29.3 Å². The van der Waals surface area contributed by atoms with Crippen molar-refractivity contribution < 1.29 is 9.59 Å². The summed E-state index contributed by atoms with van der Waals surface area (Å²) in [6, 6.07) is 17.2. The number of amides is 2. The Morgan fingerprint density at radius 1 is 0.909 bits per heavy atom. The average Bonchev–Trinajstić information content (AvgIpc) is 3.59. The molecule has 0 radical (unpaired) electrons. The monoisotopic (exact) mass is 616 g/mol. The zero-order valence-electron chi connectivity index (χ0n) is 25.6. The van der Waals surface area contributed by atoms with Gasteiger partial charge in [0, 0.05) is 49.4 Å². The maximum Gasteiger partial charge on any atom is 0.251 e. The highest BCUT2D eigenvalue weighted by Crippen LogP contribution is 2.47. The number of rotatable bonds is 9. The minimum Gasteiger partial charge on any atom is -0.349 e. The van der Waals surface area contributed by atoms with Crippen LogP contribution in [0.15, 0.2) is 67.3 Å². The summed E-state index contributed by atoms with van der Waals surface area (Å²) >= 11 is 6.19. The smallest absolute Gasteiger partial charge is 0.251 e. The highest BCUT2D eigenvalue weighted by molar-refractivity contribution is 6.30. The summed E-state index contributed by atoms with van der Waals surface area (Å²) < 4.78 is 2.01. The van der Waals surface area contributed by atoms with E-state index in [0.29, 0.717) is 22.9 Å². The van der Waals surface area contributed by atoms with Crippen molar-refractivity contribution in [3.8, 4) is 0 Å². The molecule has 3 fully saturated rings. The van der Waals surface area contributed by atoms with Crippen molar-refractivity contribution in [2.24, 2.45) is 11.3 Å². The van der Waals surface area contributed by atoms with Crippen LogP contribution in [0.5, 0.6) is 0 Å². The van der Waals surface area contributed by atoms with Crippen LogP contribution in [0.1, 0.15) is 73.7 Å². The van der Waals surface area contributed by atoms with Crippen molar-refractivity contribution in [2.75, 3.05) is 26.2 Å². The lowest BCUT2D eigenvalue weighted by Crippen LogP contribution is -2.57. The third-order valence-corrected chi connectivity index (χ3v) is 10.7. The number of hydrogen-bond acceptors (Lipinski definition) is 5. The molecule has 1 aliphatic carbocycles. The molecule has 2 aromatic carbocycles. The van der Waals surface area contributed by atoms with Gasteiger partial charge in [-0.1, -0.05) is 61.2 Å². The number of piperidine rings is 2. The van der Waals surface area contributed by atoms with E-state index in [4.69, 9.17) is 11.6 Å². The molecule has 0 unspecified atom stereocenters. The predicted octanol–water partition coefficient (Wildman–Crippen LogP) is 5.63. The number of benzene rings is 2. The third-order valence-electron chi connectivity index (χ3n) is 10.5. The van der Waals surface area contributed by atoms with Crippen LogP contribution in [0.3, 0.4) is 0 Å². The molecule has 9 heteroatoms. The molecule has 2 saturated heterocycles. The largest absolute Gasteiger partial charge is 0.349 e. The summed E-state index contributed by atoms with van der Waals surface area (Å²) in [5.41, 5.74) is 1.96. The lowest BCUT2D eigenvalue weighted by Gasteiger charge is -2.49. The van der Waals surface area contributed by atoms with Gasteiger partial charge >= 0.3 is 0 Å². The van der Waals surface area contributed by atoms with Crippen LogP contribution in [0.25, 0.3) is 0 Å². The first-order chi connectivity index (χ1) is 21.5. The van der Waals surface area contributed by atoms with E-state index in [1.165, 1.54) is 32.1 Å². The van der Waals surface area contributed by atoms with Gasteiger partial charge in [0.15, 0.2) is 0 Å². The fourth-order valence-corrected chi connectivity index (χ4v) is 7.99. The van der Waals surface area contributed by atoms with Crippen molar-refractivity contribution in [1.29, 1.82) is 0 Å². The molecule has 234 valence electrons. The quantitative estimate of drug-likeness (QED) is 0.337. The minimum absolute atomic E-state index is 0.0292. The van der Waals surface area contributed by atoms with Gasteiger partial charge < -0.3 is 10.2 Å². The third kappa shape index (κ3) is 7.35. The Kier molecular flexibility index (Phi) is 9.97. The number of carbonyl (C=O) groups excluding carboxylic acids is 2. The van der Waals surface area contributed by atoms with Crippen molar-refractivity contribution in [3.05, 3.63) is 83.4 Å². The number of hydrogen-bond donors (Lipinski definition) is 1. The summed E-state index contributed by atoms with van der Waals surface area (Å²) in [7, 11) is 0. The number of nitrogens with one attached hydrogen (secondary N) is 1. The Balaban J connectivity index is 1.13. The van der Waals surface area contributed by atoms with Crippen LogP contribution in [0, 0.1) is 11.3 Å². The van der Waals surface area contributed by atoms with E-state index in [1.807, 2.05) is 65.6 Å². The van der Waals surface area contributed by atoms with E-state index in [0.717, 1.165) is 64.0 Å². The van der Waals surface area contributed by atoms with E-state index < -0.39 is 0 Å². The Bertz CT molecular complexity index is 1340. The van der Waals surface area contributed by atoms with Crippen LogP contribution in [0.4, 0.5) is 0 Å². The number of nitrogens with zero attached hydrogens (tertiary/aromatic N) is 5. The maximum absolute atomic E-state index is 14.4. The Morgan fingerprint density at radius 2 is 1.61 bits per heavy atom. The molecular weight excluding hydrogens is 572 g/mol. The second-order valence-corrected chi connectivity index (χ2v) is 13.5.